The molecule has 0 fully saturated rings. The fraction of sp³-hybridized carbons (Fsp3) is 0.222. The zero-order valence-corrected chi connectivity index (χ0v) is 13.9. The van der Waals surface area contributed by atoms with Gasteiger partial charge in [-0.05, 0) is 24.7 Å². The van der Waals surface area contributed by atoms with Gasteiger partial charge >= 0.3 is 0 Å². The Hall–Kier alpha value is -3.06. The van der Waals surface area contributed by atoms with E-state index >= 15 is 0 Å². The summed E-state index contributed by atoms with van der Waals surface area (Å²) >= 11 is 0. The van der Waals surface area contributed by atoms with Crippen LogP contribution in [0.4, 0.5) is 11.4 Å². The minimum atomic E-state index is -0.417. The van der Waals surface area contributed by atoms with E-state index < -0.39 is 4.92 Å². The van der Waals surface area contributed by atoms with E-state index in [1.54, 1.807) is 17.1 Å². The van der Waals surface area contributed by atoms with Gasteiger partial charge in [0.25, 0.3) is 5.69 Å². The third kappa shape index (κ3) is 3.89. The van der Waals surface area contributed by atoms with E-state index in [-0.39, 0.29) is 11.7 Å². The fourth-order valence-electron chi connectivity index (χ4n) is 2.77. The van der Waals surface area contributed by atoms with Crippen LogP contribution >= 0.6 is 0 Å². The molecular formula is C18H19N5O2. The van der Waals surface area contributed by atoms with Crippen molar-refractivity contribution in [2.75, 3.05) is 18.6 Å². The van der Waals surface area contributed by atoms with Crippen molar-refractivity contribution in [3.05, 3.63) is 82.6 Å². The van der Waals surface area contributed by atoms with Crippen LogP contribution in [0.1, 0.15) is 5.56 Å². The Labute approximate surface area is 146 Å². The van der Waals surface area contributed by atoms with Gasteiger partial charge in [0.2, 0.25) is 0 Å². The number of hydrogen-bond donors (Lipinski definition) is 0. The van der Waals surface area contributed by atoms with E-state index in [1.165, 1.54) is 17.7 Å². The molecule has 1 atom stereocenters. The number of rotatable bonds is 6. The Kier molecular flexibility index (Phi) is 4.85. The molecule has 0 radical (unpaired) electrons. The summed E-state index contributed by atoms with van der Waals surface area (Å²) in [6.07, 6.45) is 0. The van der Waals surface area contributed by atoms with E-state index in [9.17, 15) is 10.1 Å². The zero-order valence-electron chi connectivity index (χ0n) is 13.9. The highest BCUT2D eigenvalue weighted by Crippen LogP contribution is 2.29. The molecule has 2 aromatic carbocycles. The molecule has 3 rings (SSSR count). The van der Waals surface area contributed by atoms with Crippen molar-refractivity contribution >= 4 is 11.4 Å². The lowest BCUT2D eigenvalue weighted by molar-refractivity contribution is -0.384. The average molecular weight is 337 g/mol. The van der Waals surface area contributed by atoms with Crippen LogP contribution in [-0.2, 0) is 6.54 Å². The molecule has 0 unspecified atom stereocenters. The van der Waals surface area contributed by atoms with Gasteiger partial charge in [0.05, 0.1) is 16.3 Å². The number of hydrogen-bond acceptors (Lipinski definition) is 6. The van der Waals surface area contributed by atoms with Crippen LogP contribution in [-0.4, -0.2) is 29.5 Å². The molecule has 128 valence electrons. The molecule has 0 saturated heterocycles. The van der Waals surface area contributed by atoms with Gasteiger partial charge in [-0.2, -0.15) is 0 Å². The number of nitrogens with zero attached hydrogens (tertiary/aromatic N) is 5. The predicted octanol–water partition coefficient (Wildman–Crippen LogP) is 3.80. The van der Waals surface area contributed by atoms with Crippen molar-refractivity contribution in [3.63, 3.8) is 0 Å². The smallest absolute Gasteiger partial charge is 0.269 e. The second kappa shape index (κ2) is 7.23. The molecule has 1 heterocycles. The van der Waals surface area contributed by atoms with E-state index in [1.807, 2.05) is 25.2 Å². The van der Waals surface area contributed by atoms with Crippen molar-refractivity contribution in [2.45, 2.75) is 12.6 Å². The minimum Gasteiger partial charge on any atom is -0.300 e. The molecule has 0 spiro atoms. The molecule has 1 aliphatic heterocycles. The van der Waals surface area contributed by atoms with Crippen LogP contribution < -0.4 is 5.01 Å². The van der Waals surface area contributed by atoms with Crippen molar-refractivity contribution < 1.29 is 4.92 Å². The third-order valence-electron chi connectivity index (χ3n) is 4.05. The van der Waals surface area contributed by atoms with Crippen LogP contribution in [0.25, 0.3) is 0 Å². The van der Waals surface area contributed by atoms with Gasteiger partial charge in [-0.15, -0.1) is 5.11 Å². The number of nitro benzene ring substituents is 1. The lowest BCUT2D eigenvalue weighted by Crippen LogP contribution is -2.38. The summed E-state index contributed by atoms with van der Waals surface area (Å²) in [5.74, 6) is 0. The van der Waals surface area contributed by atoms with Gasteiger partial charge in [-0.1, -0.05) is 42.1 Å². The molecule has 2 aromatic rings. The Balaban J connectivity index is 1.71. The highest BCUT2D eigenvalue weighted by atomic mass is 16.6. The van der Waals surface area contributed by atoms with Gasteiger partial charge in [0.1, 0.15) is 6.04 Å². The zero-order chi connectivity index (χ0) is 17.8. The Morgan fingerprint density at radius 1 is 1.20 bits per heavy atom. The molecule has 25 heavy (non-hydrogen) atoms. The Morgan fingerprint density at radius 2 is 1.88 bits per heavy atom. The van der Waals surface area contributed by atoms with Gasteiger partial charge in [0.15, 0.2) is 0 Å². The summed E-state index contributed by atoms with van der Waals surface area (Å²) in [6.45, 7) is 5.48. The van der Waals surface area contributed by atoms with Crippen molar-refractivity contribution in [1.82, 2.24) is 4.90 Å². The van der Waals surface area contributed by atoms with Crippen LogP contribution in [0.3, 0.4) is 0 Å². The normalized spacial score (nSPS) is 16.6. The third-order valence-corrected chi connectivity index (χ3v) is 4.05. The summed E-state index contributed by atoms with van der Waals surface area (Å²) in [5.41, 5.74) is 2.71. The Bertz CT molecular complexity index is 789. The standard InChI is InChI=1S/C18H19N5O2/c1-14-18(13-21(2)12-15-6-4-3-5-7-15)22(20-19-14)16-8-10-17(11-9-16)23(24)25/h3-11,18H,1,12-13H2,2H3/t18-/m1/s1. The first kappa shape index (κ1) is 16.8. The van der Waals surface area contributed by atoms with Crippen molar-refractivity contribution in [1.29, 1.82) is 0 Å². The van der Waals surface area contributed by atoms with Crippen LogP contribution in [0, 0.1) is 10.1 Å². The topological polar surface area (TPSA) is 74.3 Å². The summed E-state index contributed by atoms with van der Waals surface area (Å²) in [6, 6.07) is 16.4. The lowest BCUT2D eigenvalue weighted by Gasteiger charge is -2.27. The number of benzene rings is 2. The first-order valence-electron chi connectivity index (χ1n) is 7.91. The van der Waals surface area contributed by atoms with E-state index in [0.717, 1.165) is 12.2 Å². The van der Waals surface area contributed by atoms with E-state index in [2.05, 4.69) is 33.9 Å². The van der Waals surface area contributed by atoms with E-state index in [0.29, 0.717) is 12.2 Å². The van der Waals surface area contributed by atoms with Gasteiger partial charge in [-0.3, -0.25) is 15.0 Å². The average Bonchev–Trinajstić information content (AvgIpc) is 2.96. The summed E-state index contributed by atoms with van der Waals surface area (Å²) in [5, 5.41) is 20.8. The number of nitro groups is 1. The number of non-ortho nitro benzene ring substituents is 1. The van der Waals surface area contributed by atoms with Crippen LogP contribution in [0.5, 0.6) is 0 Å². The predicted molar refractivity (Wildman–Crippen MR) is 96.1 cm³/mol. The summed E-state index contributed by atoms with van der Waals surface area (Å²) in [4.78, 5) is 12.6. The second-order valence-electron chi connectivity index (χ2n) is 6.00. The van der Waals surface area contributed by atoms with Gasteiger partial charge < -0.3 is 0 Å². The molecule has 7 heteroatoms. The molecule has 0 amide bonds. The maximum atomic E-state index is 10.8. The minimum absolute atomic E-state index is 0.0523. The molecular weight excluding hydrogens is 318 g/mol. The van der Waals surface area contributed by atoms with Crippen LogP contribution in [0.2, 0.25) is 0 Å². The largest absolute Gasteiger partial charge is 0.300 e. The second-order valence-corrected chi connectivity index (χ2v) is 6.00. The molecule has 0 aliphatic carbocycles. The highest BCUT2D eigenvalue weighted by Gasteiger charge is 2.29. The maximum Gasteiger partial charge on any atom is 0.269 e. The summed E-state index contributed by atoms with van der Waals surface area (Å²) < 4.78 is 0. The van der Waals surface area contributed by atoms with Gasteiger partial charge in [-0.25, -0.2) is 5.01 Å². The molecule has 0 aromatic heterocycles. The molecule has 1 aliphatic rings. The molecule has 0 N–H and O–H groups in total. The van der Waals surface area contributed by atoms with Crippen LogP contribution in [0.15, 0.2) is 77.2 Å². The lowest BCUT2D eigenvalue weighted by atomic mass is 10.1. The SMILES string of the molecule is C=C1N=NN(c2ccc([N+](=O)[O-])cc2)[C@@H]1CN(C)Cc1ccccc1. The quantitative estimate of drug-likeness (QED) is 0.593. The first-order valence-corrected chi connectivity index (χ1v) is 7.91. The molecule has 7 nitrogen and oxygen atoms in total. The van der Waals surface area contributed by atoms with Crippen molar-refractivity contribution in [2.24, 2.45) is 10.3 Å². The number of likely N-dealkylation sites (N-methyl/N-ethyl adjacent to an activating group) is 1. The fourth-order valence-corrected chi connectivity index (χ4v) is 2.77. The molecule has 0 bridgehead atoms. The first-order chi connectivity index (χ1) is 12.0. The molecule has 0 saturated carbocycles. The summed E-state index contributed by atoms with van der Waals surface area (Å²) in [7, 11) is 2.03. The number of anilines is 1. The van der Waals surface area contributed by atoms with Gasteiger partial charge in [0, 0.05) is 25.2 Å². The maximum absolute atomic E-state index is 10.8. The van der Waals surface area contributed by atoms with Crippen molar-refractivity contribution in [3.8, 4) is 0 Å². The highest BCUT2D eigenvalue weighted by molar-refractivity contribution is 5.53. The Morgan fingerprint density at radius 3 is 2.52 bits per heavy atom. The monoisotopic (exact) mass is 337 g/mol. The van der Waals surface area contributed by atoms with E-state index in [4.69, 9.17) is 0 Å².